The average molecular weight is 236 g/mol. The molecule has 1 aliphatic rings. The molecule has 1 aromatic rings. The van der Waals surface area contributed by atoms with Crippen molar-refractivity contribution in [1.82, 2.24) is 4.98 Å². The lowest BCUT2D eigenvalue weighted by molar-refractivity contribution is 0.0557. The van der Waals surface area contributed by atoms with Gasteiger partial charge in [0.2, 0.25) is 0 Å². The van der Waals surface area contributed by atoms with Crippen LogP contribution in [0.3, 0.4) is 0 Å². The Morgan fingerprint density at radius 2 is 2.12 bits per heavy atom. The zero-order valence-corrected chi connectivity index (χ0v) is 10.3. The van der Waals surface area contributed by atoms with Crippen LogP contribution >= 0.6 is 0 Å². The molecule has 4 heteroatoms. The standard InChI is InChI=1S/C13H20N2O2/c1-15(10-13(17)6-2-3-7-13)12-11(9-16)5-4-8-14-12/h4-5,8,16-17H,2-3,6-7,9-10H2,1H3. The molecule has 0 spiro atoms. The van der Waals surface area contributed by atoms with E-state index in [4.69, 9.17) is 0 Å². The molecule has 2 N–H and O–H groups in total. The maximum Gasteiger partial charge on any atom is 0.133 e. The summed E-state index contributed by atoms with van der Waals surface area (Å²) in [5, 5.41) is 19.6. The average Bonchev–Trinajstić information content (AvgIpc) is 2.75. The summed E-state index contributed by atoms with van der Waals surface area (Å²) < 4.78 is 0. The molecule has 0 amide bonds. The largest absolute Gasteiger partial charge is 0.392 e. The molecule has 0 radical (unpaired) electrons. The van der Waals surface area contributed by atoms with E-state index in [9.17, 15) is 10.2 Å². The van der Waals surface area contributed by atoms with Crippen molar-refractivity contribution < 1.29 is 10.2 Å². The summed E-state index contributed by atoms with van der Waals surface area (Å²) in [5.74, 6) is 0.760. The van der Waals surface area contributed by atoms with Crippen LogP contribution in [0.2, 0.25) is 0 Å². The lowest BCUT2D eigenvalue weighted by Crippen LogP contribution is -2.39. The molecule has 94 valence electrons. The van der Waals surface area contributed by atoms with Crippen LogP contribution < -0.4 is 4.90 Å². The summed E-state index contributed by atoms with van der Waals surface area (Å²) in [7, 11) is 1.91. The summed E-state index contributed by atoms with van der Waals surface area (Å²) in [5.41, 5.74) is 0.218. The molecule has 0 unspecified atom stereocenters. The van der Waals surface area contributed by atoms with Crippen molar-refractivity contribution in [1.29, 1.82) is 0 Å². The third-order valence-corrected chi connectivity index (χ3v) is 3.47. The van der Waals surface area contributed by atoms with E-state index in [1.165, 1.54) is 0 Å². The van der Waals surface area contributed by atoms with Crippen LogP contribution in [-0.4, -0.2) is 34.4 Å². The van der Waals surface area contributed by atoms with Crippen LogP contribution in [0.15, 0.2) is 18.3 Å². The Morgan fingerprint density at radius 1 is 1.41 bits per heavy atom. The minimum absolute atomic E-state index is 0.0219. The molecule has 0 aromatic carbocycles. The van der Waals surface area contributed by atoms with Gasteiger partial charge in [-0.25, -0.2) is 4.98 Å². The van der Waals surface area contributed by atoms with Crippen LogP contribution in [0.5, 0.6) is 0 Å². The third kappa shape index (κ3) is 2.76. The zero-order valence-electron chi connectivity index (χ0n) is 10.3. The molecule has 1 heterocycles. The Labute approximate surface area is 102 Å². The number of aliphatic hydroxyl groups is 2. The van der Waals surface area contributed by atoms with E-state index >= 15 is 0 Å². The maximum absolute atomic E-state index is 10.4. The maximum atomic E-state index is 10.4. The first-order valence-electron chi connectivity index (χ1n) is 6.13. The molecule has 0 aliphatic heterocycles. The van der Waals surface area contributed by atoms with Gasteiger partial charge in [-0.1, -0.05) is 18.9 Å². The smallest absolute Gasteiger partial charge is 0.133 e. The Kier molecular flexibility index (Phi) is 3.64. The molecule has 0 bridgehead atoms. The Hall–Kier alpha value is -1.13. The van der Waals surface area contributed by atoms with Gasteiger partial charge in [-0.15, -0.1) is 0 Å². The molecule has 0 atom stereocenters. The van der Waals surface area contributed by atoms with E-state index < -0.39 is 5.60 Å². The lowest BCUT2D eigenvalue weighted by Gasteiger charge is -2.30. The normalized spacial score (nSPS) is 18.3. The Balaban J connectivity index is 2.11. The van der Waals surface area contributed by atoms with Gasteiger partial charge in [0.25, 0.3) is 0 Å². The molecule has 0 saturated heterocycles. The molecule has 4 nitrogen and oxygen atoms in total. The van der Waals surface area contributed by atoms with Gasteiger partial charge in [-0.3, -0.25) is 0 Å². The predicted molar refractivity (Wildman–Crippen MR) is 66.8 cm³/mol. The molecule has 1 aliphatic carbocycles. The van der Waals surface area contributed by atoms with E-state index in [1.54, 1.807) is 6.20 Å². The van der Waals surface area contributed by atoms with Gasteiger partial charge >= 0.3 is 0 Å². The number of hydrogen-bond acceptors (Lipinski definition) is 4. The van der Waals surface area contributed by atoms with E-state index in [0.29, 0.717) is 6.54 Å². The number of anilines is 1. The number of nitrogens with zero attached hydrogens (tertiary/aromatic N) is 2. The summed E-state index contributed by atoms with van der Waals surface area (Å²) in [6, 6.07) is 3.67. The molecule has 1 fully saturated rings. The highest BCUT2D eigenvalue weighted by Crippen LogP contribution is 2.31. The zero-order chi connectivity index (χ0) is 12.3. The Bertz CT molecular complexity index is 375. The molecule has 17 heavy (non-hydrogen) atoms. The highest BCUT2D eigenvalue weighted by molar-refractivity contribution is 5.45. The second kappa shape index (κ2) is 5.02. The van der Waals surface area contributed by atoms with Crippen molar-refractivity contribution in [2.45, 2.75) is 37.9 Å². The number of pyridine rings is 1. The fourth-order valence-corrected chi connectivity index (χ4v) is 2.60. The summed E-state index contributed by atoms with van der Waals surface area (Å²) >= 11 is 0. The number of hydrogen-bond donors (Lipinski definition) is 2. The molecular weight excluding hydrogens is 216 g/mol. The first kappa shape index (κ1) is 12.3. The van der Waals surface area contributed by atoms with Crippen LogP contribution in [0, 0.1) is 0 Å². The van der Waals surface area contributed by atoms with E-state index in [2.05, 4.69) is 4.98 Å². The van der Waals surface area contributed by atoms with Crippen molar-refractivity contribution in [3.8, 4) is 0 Å². The number of rotatable bonds is 4. The summed E-state index contributed by atoms with van der Waals surface area (Å²) in [6.45, 7) is 0.558. The molecule has 1 aromatic heterocycles. The number of likely N-dealkylation sites (N-methyl/N-ethyl adjacent to an activating group) is 1. The van der Waals surface area contributed by atoms with Crippen LogP contribution in [-0.2, 0) is 6.61 Å². The van der Waals surface area contributed by atoms with Crippen LogP contribution in [0.25, 0.3) is 0 Å². The summed E-state index contributed by atoms with van der Waals surface area (Å²) in [4.78, 5) is 6.22. The van der Waals surface area contributed by atoms with Gasteiger partial charge < -0.3 is 15.1 Å². The first-order chi connectivity index (χ1) is 8.14. The minimum atomic E-state index is -0.584. The van der Waals surface area contributed by atoms with Gasteiger partial charge in [-0.2, -0.15) is 0 Å². The van der Waals surface area contributed by atoms with Gasteiger partial charge in [0.1, 0.15) is 5.82 Å². The highest BCUT2D eigenvalue weighted by Gasteiger charge is 2.32. The van der Waals surface area contributed by atoms with E-state index in [1.807, 2.05) is 24.1 Å². The van der Waals surface area contributed by atoms with Gasteiger partial charge in [0.05, 0.1) is 12.2 Å². The van der Waals surface area contributed by atoms with Crippen molar-refractivity contribution >= 4 is 5.82 Å². The van der Waals surface area contributed by atoms with Crippen LogP contribution in [0.1, 0.15) is 31.2 Å². The van der Waals surface area contributed by atoms with Crippen molar-refractivity contribution in [3.05, 3.63) is 23.9 Å². The van der Waals surface area contributed by atoms with Crippen molar-refractivity contribution in [3.63, 3.8) is 0 Å². The third-order valence-electron chi connectivity index (χ3n) is 3.47. The highest BCUT2D eigenvalue weighted by atomic mass is 16.3. The SMILES string of the molecule is CN(CC1(O)CCCC1)c1ncccc1CO. The van der Waals surface area contributed by atoms with Crippen LogP contribution in [0.4, 0.5) is 5.82 Å². The summed E-state index contributed by atoms with van der Waals surface area (Å²) in [6.07, 6.45) is 5.62. The molecular formula is C13H20N2O2. The topological polar surface area (TPSA) is 56.6 Å². The second-order valence-corrected chi connectivity index (χ2v) is 4.93. The van der Waals surface area contributed by atoms with Gasteiger partial charge in [0, 0.05) is 25.4 Å². The van der Waals surface area contributed by atoms with E-state index in [-0.39, 0.29) is 6.61 Å². The first-order valence-corrected chi connectivity index (χ1v) is 6.13. The monoisotopic (exact) mass is 236 g/mol. The molecule has 2 rings (SSSR count). The fourth-order valence-electron chi connectivity index (χ4n) is 2.60. The van der Waals surface area contributed by atoms with Gasteiger partial charge in [-0.05, 0) is 18.9 Å². The van der Waals surface area contributed by atoms with Gasteiger partial charge in [0.15, 0.2) is 0 Å². The Morgan fingerprint density at radius 3 is 2.76 bits per heavy atom. The van der Waals surface area contributed by atoms with E-state index in [0.717, 1.165) is 37.1 Å². The fraction of sp³-hybridized carbons (Fsp3) is 0.615. The minimum Gasteiger partial charge on any atom is -0.392 e. The second-order valence-electron chi connectivity index (χ2n) is 4.93. The lowest BCUT2D eigenvalue weighted by atomic mass is 10.0. The predicted octanol–water partition coefficient (Wildman–Crippen LogP) is 1.32. The number of aliphatic hydroxyl groups excluding tert-OH is 1. The van der Waals surface area contributed by atoms with Crippen molar-refractivity contribution in [2.75, 3.05) is 18.5 Å². The molecule has 1 saturated carbocycles. The van der Waals surface area contributed by atoms with Crippen molar-refractivity contribution in [2.24, 2.45) is 0 Å². The quantitative estimate of drug-likeness (QED) is 0.827. The number of aromatic nitrogens is 1.